The summed E-state index contributed by atoms with van der Waals surface area (Å²) in [6.07, 6.45) is 6.83. The second kappa shape index (κ2) is 4.32. The number of nitrogens with zero attached hydrogens (tertiary/aromatic N) is 1. The van der Waals surface area contributed by atoms with E-state index in [1.54, 1.807) is 6.20 Å². The molecule has 88 valence electrons. The van der Waals surface area contributed by atoms with Gasteiger partial charge < -0.3 is 11.1 Å². The van der Waals surface area contributed by atoms with E-state index >= 15 is 0 Å². The Balaban J connectivity index is 1.99. The number of nitrogens with one attached hydrogen (secondary N) is 1. The first-order valence-electron chi connectivity index (χ1n) is 6.03. The third-order valence-electron chi connectivity index (χ3n) is 3.34. The van der Waals surface area contributed by atoms with Crippen LogP contribution in [0, 0.1) is 5.41 Å². The minimum atomic E-state index is 0.455. The fourth-order valence-electron chi connectivity index (χ4n) is 2.56. The lowest BCUT2D eigenvalue weighted by Gasteiger charge is -2.35. The molecule has 1 saturated carbocycles. The summed E-state index contributed by atoms with van der Waals surface area (Å²) in [6, 6.07) is 4.26. The maximum absolute atomic E-state index is 5.74. The van der Waals surface area contributed by atoms with Crippen LogP contribution in [-0.4, -0.2) is 11.0 Å². The highest BCUT2D eigenvalue weighted by molar-refractivity contribution is 5.48. The van der Waals surface area contributed by atoms with Crippen LogP contribution >= 0.6 is 0 Å². The van der Waals surface area contributed by atoms with Crippen LogP contribution in [0.4, 0.5) is 11.5 Å². The summed E-state index contributed by atoms with van der Waals surface area (Å²) in [5, 5.41) is 3.49. The summed E-state index contributed by atoms with van der Waals surface area (Å²) in [4.78, 5) is 4.29. The van der Waals surface area contributed by atoms with Gasteiger partial charge in [0, 0.05) is 24.0 Å². The zero-order valence-electron chi connectivity index (χ0n) is 10.2. The highest BCUT2D eigenvalue weighted by atomic mass is 15.0. The maximum Gasteiger partial charge on any atom is 0.128 e. The number of hydrogen-bond acceptors (Lipinski definition) is 3. The number of nitrogen functional groups attached to an aromatic ring is 1. The lowest BCUT2D eigenvalue weighted by molar-refractivity contribution is 0.229. The Labute approximate surface area is 97.5 Å². The molecule has 3 heteroatoms. The molecule has 0 aliphatic heterocycles. The molecule has 0 saturated heterocycles. The summed E-state index contributed by atoms with van der Waals surface area (Å²) < 4.78 is 0. The van der Waals surface area contributed by atoms with Crippen LogP contribution in [0.5, 0.6) is 0 Å². The first-order valence-corrected chi connectivity index (χ1v) is 6.03. The zero-order valence-corrected chi connectivity index (χ0v) is 10.2. The fourth-order valence-corrected chi connectivity index (χ4v) is 2.56. The van der Waals surface area contributed by atoms with Gasteiger partial charge in [0.15, 0.2) is 0 Å². The molecular weight excluding hydrogens is 198 g/mol. The van der Waals surface area contributed by atoms with Gasteiger partial charge >= 0.3 is 0 Å². The van der Waals surface area contributed by atoms with Gasteiger partial charge in [0.05, 0.1) is 0 Å². The van der Waals surface area contributed by atoms with E-state index in [2.05, 4.69) is 24.1 Å². The number of pyridine rings is 1. The molecule has 0 amide bonds. The summed E-state index contributed by atoms with van der Waals surface area (Å²) in [7, 11) is 0. The van der Waals surface area contributed by atoms with Crippen molar-refractivity contribution < 1.29 is 0 Å². The third kappa shape index (κ3) is 2.87. The minimum Gasteiger partial charge on any atom is -0.399 e. The van der Waals surface area contributed by atoms with Crippen molar-refractivity contribution in [3.8, 4) is 0 Å². The molecule has 0 radical (unpaired) electrons. The Morgan fingerprint density at radius 2 is 2.31 bits per heavy atom. The van der Waals surface area contributed by atoms with Crippen molar-refractivity contribution in [2.24, 2.45) is 5.41 Å². The number of nitrogens with two attached hydrogens (primary N) is 1. The molecule has 1 unspecified atom stereocenters. The summed E-state index contributed by atoms with van der Waals surface area (Å²) in [5.41, 5.74) is 6.96. The van der Waals surface area contributed by atoms with E-state index in [-0.39, 0.29) is 0 Å². The van der Waals surface area contributed by atoms with Gasteiger partial charge in [-0.3, -0.25) is 0 Å². The molecule has 2 rings (SSSR count). The van der Waals surface area contributed by atoms with Crippen LogP contribution in [0.25, 0.3) is 0 Å². The molecule has 16 heavy (non-hydrogen) atoms. The van der Waals surface area contributed by atoms with Crippen LogP contribution < -0.4 is 11.1 Å². The number of aromatic nitrogens is 1. The van der Waals surface area contributed by atoms with Crippen molar-refractivity contribution in [1.29, 1.82) is 0 Å². The zero-order chi connectivity index (χ0) is 11.6. The van der Waals surface area contributed by atoms with Crippen molar-refractivity contribution in [1.82, 2.24) is 4.98 Å². The molecule has 1 aromatic heterocycles. The summed E-state index contributed by atoms with van der Waals surface area (Å²) >= 11 is 0. The van der Waals surface area contributed by atoms with E-state index in [4.69, 9.17) is 5.73 Å². The maximum atomic E-state index is 5.74. The van der Waals surface area contributed by atoms with E-state index in [0.717, 1.165) is 11.5 Å². The molecule has 0 aromatic carbocycles. The largest absolute Gasteiger partial charge is 0.399 e. The summed E-state index contributed by atoms with van der Waals surface area (Å²) in [5.74, 6) is 0.905. The average Bonchev–Trinajstić information content (AvgIpc) is 2.15. The Kier molecular flexibility index (Phi) is 3.03. The average molecular weight is 219 g/mol. The van der Waals surface area contributed by atoms with E-state index in [1.165, 1.54) is 25.7 Å². The highest BCUT2D eigenvalue weighted by Gasteiger charge is 2.27. The summed E-state index contributed by atoms with van der Waals surface area (Å²) in [6.45, 7) is 4.68. The minimum absolute atomic E-state index is 0.455. The molecule has 3 N–H and O–H groups in total. The Bertz CT molecular complexity index is 360. The fraction of sp³-hybridized carbons (Fsp3) is 0.615. The first-order chi connectivity index (χ1) is 7.55. The van der Waals surface area contributed by atoms with Gasteiger partial charge in [-0.1, -0.05) is 20.3 Å². The van der Waals surface area contributed by atoms with E-state index < -0.39 is 0 Å². The Hall–Kier alpha value is -1.25. The second-order valence-corrected chi connectivity index (χ2v) is 5.58. The number of anilines is 2. The molecule has 1 fully saturated rings. The van der Waals surface area contributed by atoms with Gasteiger partial charge in [-0.25, -0.2) is 4.98 Å². The molecular formula is C13H21N3. The third-order valence-corrected chi connectivity index (χ3v) is 3.34. The van der Waals surface area contributed by atoms with Crippen LogP contribution in [0.15, 0.2) is 18.3 Å². The van der Waals surface area contributed by atoms with E-state index in [9.17, 15) is 0 Å². The van der Waals surface area contributed by atoms with Crippen LogP contribution in [0.1, 0.15) is 39.5 Å². The van der Waals surface area contributed by atoms with Crippen molar-refractivity contribution in [3.05, 3.63) is 18.3 Å². The van der Waals surface area contributed by atoms with Crippen LogP contribution in [-0.2, 0) is 0 Å². The van der Waals surface area contributed by atoms with E-state index in [0.29, 0.717) is 11.5 Å². The smallest absolute Gasteiger partial charge is 0.128 e. The number of hydrogen-bond donors (Lipinski definition) is 2. The van der Waals surface area contributed by atoms with Gasteiger partial charge in [-0.05, 0) is 30.7 Å². The molecule has 1 atom stereocenters. The van der Waals surface area contributed by atoms with Gasteiger partial charge in [0.25, 0.3) is 0 Å². The van der Waals surface area contributed by atoms with Crippen LogP contribution in [0.3, 0.4) is 0 Å². The second-order valence-electron chi connectivity index (χ2n) is 5.58. The van der Waals surface area contributed by atoms with Gasteiger partial charge in [0.2, 0.25) is 0 Å². The van der Waals surface area contributed by atoms with Crippen molar-refractivity contribution in [3.63, 3.8) is 0 Å². The van der Waals surface area contributed by atoms with Gasteiger partial charge in [-0.2, -0.15) is 0 Å². The molecule has 3 nitrogen and oxygen atoms in total. The van der Waals surface area contributed by atoms with Gasteiger partial charge in [-0.15, -0.1) is 0 Å². The predicted molar refractivity (Wildman–Crippen MR) is 68.3 cm³/mol. The molecule has 1 heterocycles. The Morgan fingerprint density at radius 3 is 3.00 bits per heavy atom. The SMILES string of the molecule is CC1(C)CCCC(Nc2cc(N)ccn2)C1. The molecule has 1 aliphatic carbocycles. The topological polar surface area (TPSA) is 50.9 Å². The lowest BCUT2D eigenvalue weighted by Crippen LogP contribution is -2.32. The highest BCUT2D eigenvalue weighted by Crippen LogP contribution is 2.36. The molecule has 0 spiro atoms. The molecule has 1 aliphatic rings. The Morgan fingerprint density at radius 1 is 1.50 bits per heavy atom. The molecule has 0 bridgehead atoms. The molecule has 1 aromatic rings. The first kappa shape index (κ1) is 11.2. The number of rotatable bonds is 2. The van der Waals surface area contributed by atoms with Crippen molar-refractivity contribution in [2.75, 3.05) is 11.1 Å². The monoisotopic (exact) mass is 219 g/mol. The quantitative estimate of drug-likeness (QED) is 0.803. The van der Waals surface area contributed by atoms with E-state index in [1.807, 2.05) is 12.1 Å². The van der Waals surface area contributed by atoms with Crippen molar-refractivity contribution >= 4 is 11.5 Å². The lowest BCUT2D eigenvalue weighted by atomic mass is 9.75. The normalized spacial score (nSPS) is 24.0. The standard InChI is InChI=1S/C13H21N3/c1-13(2)6-3-4-11(9-13)16-12-8-10(14)5-7-15-12/h5,7-8,11H,3-4,6,9H2,1-2H3,(H3,14,15,16). The van der Waals surface area contributed by atoms with Crippen LogP contribution in [0.2, 0.25) is 0 Å². The predicted octanol–water partition coefficient (Wildman–Crippen LogP) is 3.04. The van der Waals surface area contributed by atoms with Gasteiger partial charge in [0.1, 0.15) is 5.82 Å². The van der Waals surface area contributed by atoms with Crippen molar-refractivity contribution in [2.45, 2.75) is 45.6 Å².